The molecule has 8 nitrogen and oxygen atoms in total. The Labute approximate surface area is 126 Å². The molecule has 0 spiro atoms. The fourth-order valence-corrected chi connectivity index (χ4v) is 2.17. The Kier molecular flexibility index (Phi) is 4.86. The van der Waals surface area contributed by atoms with Gasteiger partial charge in [-0.1, -0.05) is 0 Å². The van der Waals surface area contributed by atoms with Crippen LogP contribution in [0.2, 0.25) is 0 Å². The van der Waals surface area contributed by atoms with E-state index in [9.17, 15) is 9.59 Å². The maximum atomic E-state index is 11.3. The minimum Gasteiger partial charge on any atom is -0.352 e. The van der Waals surface area contributed by atoms with E-state index in [1.54, 1.807) is 49.1 Å². The summed E-state index contributed by atoms with van der Waals surface area (Å²) in [7, 11) is 0. The Morgan fingerprint density at radius 3 is 1.36 bits per heavy atom. The molecule has 2 rings (SSSR count). The number of carbonyl (C=O) groups excluding carboxylic acids is 2. The molecule has 22 heavy (non-hydrogen) atoms. The highest BCUT2D eigenvalue weighted by atomic mass is 16.2. The van der Waals surface area contributed by atoms with Crippen LogP contribution in [-0.2, 0) is 0 Å². The summed E-state index contributed by atoms with van der Waals surface area (Å²) in [4.78, 5) is 30.6. The fourth-order valence-electron chi connectivity index (χ4n) is 2.17. The maximum absolute atomic E-state index is 11.3. The maximum Gasteiger partial charge on any atom is 0.312 e. The summed E-state index contributed by atoms with van der Waals surface area (Å²) in [6.45, 7) is 0. The number of urea groups is 2. The van der Waals surface area contributed by atoms with Gasteiger partial charge in [-0.15, -0.1) is 0 Å². The average molecular weight is 300 g/mol. The second kappa shape index (κ2) is 7.02. The first kappa shape index (κ1) is 15.2. The third kappa shape index (κ3) is 3.92. The zero-order chi connectivity index (χ0) is 15.9. The average Bonchev–Trinajstić information content (AvgIpc) is 2.52. The van der Waals surface area contributed by atoms with Crippen molar-refractivity contribution in [2.45, 2.75) is 12.1 Å². The summed E-state index contributed by atoms with van der Waals surface area (Å²) in [6, 6.07) is 4.24. The van der Waals surface area contributed by atoms with E-state index in [4.69, 9.17) is 11.5 Å². The molecule has 2 aromatic heterocycles. The van der Waals surface area contributed by atoms with E-state index in [-0.39, 0.29) is 0 Å². The van der Waals surface area contributed by atoms with Gasteiger partial charge in [0.05, 0.1) is 12.1 Å². The summed E-state index contributed by atoms with van der Waals surface area (Å²) in [5.41, 5.74) is 12.0. The van der Waals surface area contributed by atoms with Gasteiger partial charge in [-0.3, -0.25) is 9.97 Å². The second-order valence-electron chi connectivity index (χ2n) is 4.53. The number of amides is 4. The predicted molar refractivity (Wildman–Crippen MR) is 79.4 cm³/mol. The molecule has 6 N–H and O–H groups in total. The molecule has 2 atom stereocenters. The lowest BCUT2D eigenvalue weighted by atomic mass is 9.94. The Bertz CT molecular complexity index is 577. The number of hydrogen-bond acceptors (Lipinski definition) is 4. The number of nitrogens with zero attached hydrogens (tertiary/aromatic N) is 2. The van der Waals surface area contributed by atoms with E-state index in [0.717, 1.165) is 11.1 Å². The van der Waals surface area contributed by atoms with Crippen LogP contribution in [0.1, 0.15) is 23.2 Å². The van der Waals surface area contributed by atoms with Crippen LogP contribution in [-0.4, -0.2) is 22.0 Å². The number of primary amides is 2. The summed E-state index contributed by atoms with van der Waals surface area (Å²) >= 11 is 0. The largest absolute Gasteiger partial charge is 0.352 e. The first-order chi connectivity index (χ1) is 10.6. The number of rotatable bonds is 5. The minimum absolute atomic E-state index is 0.601. The van der Waals surface area contributed by atoms with E-state index >= 15 is 0 Å². The first-order valence-electron chi connectivity index (χ1n) is 6.49. The van der Waals surface area contributed by atoms with E-state index in [2.05, 4.69) is 20.6 Å². The highest BCUT2D eigenvalue weighted by Gasteiger charge is 2.27. The fraction of sp³-hybridized carbons (Fsp3) is 0.143. The van der Waals surface area contributed by atoms with Gasteiger partial charge in [-0.2, -0.15) is 0 Å². The number of carbonyl (C=O) groups is 2. The van der Waals surface area contributed by atoms with Crippen molar-refractivity contribution in [1.29, 1.82) is 0 Å². The zero-order valence-corrected chi connectivity index (χ0v) is 11.6. The molecule has 2 aromatic rings. The van der Waals surface area contributed by atoms with Crippen LogP contribution in [0.4, 0.5) is 9.59 Å². The molecule has 0 fully saturated rings. The van der Waals surface area contributed by atoms with Crippen molar-refractivity contribution in [1.82, 2.24) is 20.6 Å². The van der Waals surface area contributed by atoms with Crippen LogP contribution in [0, 0.1) is 0 Å². The minimum atomic E-state index is -0.716. The van der Waals surface area contributed by atoms with Crippen LogP contribution >= 0.6 is 0 Å². The summed E-state index contributed by atoms with van der Waals surface area (Å²) < 4.78 is 0. The lowest BCUT2D eigenvalue weighted by molar-refractivity contribution is 0.233. The number of nitrogens with one attached hydrogen (secondary N) is 2. The van der Waals surface area contributed by atoms with E-state index in [0.29, 0.717) is 0 Å². The van der Waals surface area contributed by atoms with Crippen molar-refractivity contribution < 1.29 is 9.59 Å². The van der Waals surface area contributed by atoms with Crippen molar-refractivity contribution in [3.63, 3.8) is 0 Å². The molecule has 2 unspecified atom stereocenters. The van der Waals surface area contributed by atoms with Crippen LogP contribution in [0.3, 0.4) is 0 Å². The molecule has 0 aliphatic heterocycles. The molecule has 8 heteroatoms. The molecule has 0 aliphatic carbocycles. The van der Waals surface area contributed by atoms with Gasteiger partial charge < -0.3 is 22.1 Å². The Morgan fingerprint density at radius 2 is 1.09 bits per heavy atom. The molecule has 0 aromatic carbocycles. The Hall–Kier alpha value is -3.16. The molecule has 0 bridgehead atoms. The van der Waals surface area contributed by atoms with Crippen molar-refractivity contribution >= 4 is 12.1 Å². The van der Waals surface area contributed by atoms with Crippen LogP contribution < -0.4 is 22.1 Å². The van der Waals surface area contributed by atoms with Crippen molar-refractivity contribution in [2.24, 2.45) is 11.5 Å². The number of pyridine rings is 2. The van der Waals surface area contributed by atoms with Gasteiger partial charge in [0, 0.05) is 24.8 Å². The van der Waals surface area contributed by atoms with Crippen LogP contribution in [0.15, 0.2) is 49.1 Å². The molecule has 4 amide bonds. The highest BCUT2D eigenvalue weighted by Crippen LogP contribution is 2.28. The monoisotopic (exact) mass is 300 g/mol. The second-order valence-corrected chi connectivity index (χ2v) is 4.53. The molecule has 2 heterocycles. The van der Waals surface area contributed by atoms with Gasteiger partial charge in [0.25, 0.3) is 0 Å². The van der Waals surface area contributed by atoms with Crippen LogP contribution in [0.5, 0.6) is 0 Å². The van der Waals surface area contributed by atoms with E-state index in [1.807, 2.05) is 0 Å². The van der Waals surface area contributed by atoms with Gasteiger partial charge >= 0.3 is 12.1 Å². The molecule has 0 aliphatic rings. The topological polar surface area (TPSA) is 136 Å². The van der Waals surface area contributed by atoms with Crippen molar-refractivity contribution in [3.8, 4) is 0 Å². The molecular formula is C14H16N6O2. The van der Waals surface area contributed by atoms with Gasteiger partial charge in [-0.05, 0) is 35.4 Å². The van der Waals surface area contributed by atoms with Gasteiger partial charge in [0.15, 0.2) is 0 Å². The third-order valence-electron chi connectivity index (χ3n) is 3.06. The third-order valence-corrected chi connectivity index (χ3v) is 3.06. The number of nitrogens with two attached hydrogens (primary N) is 2. The predicted octanol–water partition coefficient (Wildman–Crippen LogP) is 0.596. The summed E-state index contributed by atoms with van der Waals surface area (Å²) in [5.74, 6) is 0. The smallest absolute Gasteiger partial charge is 0.312 e. The molecular weight excluding hydrogens is 284 g/mol. The SMILES string of the molecule is NC(=O)NC(c1ccncc1)C(NC(N)=O)c1ccncc1. The van der Waals surface area contributed by atoms with E-state index in [1.165, 1.54) is 0 Å². The highest BCUT2D eigenvalue weighted by molar-refractivity contribution is 5.74. The van der Waals surface area contributed by atoms with Crippen molar-refractivity contribution in [3.05, 3.63) is 60.2 Å². The lowest BCUT2D eigenvalue weighted by Crippen LogP contribution is -2.44. The standard InChI is InChI=1S/C14H16N6O2/c15-13(21)19-11(9-1-5-17-6-2-9)12(20-14(16)22)10-3-7-18-8-4-10/h1-8,11-12H,(H3,15,19,21)(H3,16,20,22). The lowest BCUT2D eigenvalue weighted by Gasteiger charge is -2.28. The van der Waals surface area contributed by atoms with Gasteiger partial charge in [0.1, 0.15) is 0 Å². The number of hydrogen-bond donors (Lipinski definition) is 4. The van der Waals surface area contributed by atoms with Crippen LogP contribution in [0.25, 0.3) is 0 Å². The summed E-state index contributed by atoms with van der Waals surface area (Å²) in [6.07, 6.45) is 6.33. The molecule has 0 saturated carbocycles. The Balaban J connectivity index is 2.43. The zero-order valence-electron chi connectivity index (χ0n) is 11.6. The summed E-state index contributed by atoms with van der Waals surface area (Å²) in [5, 5.41) is 5.24. The van der Waals surface area contributed by atoms with E-state index < -0.39 is 24.1 Å². The molecule has 0 radical (unpaired) electrons. The first-order valence-corrected chi connectivity index (χ1v) is 6.49. The van der Waals surface area contributed by atoms with Crippen molar-refractivity contribution in [2.75, 3.05) is 0 Å². The molecule has 114 valence electrons. The quantitative estimate of drug-likeness (QED) is 0.642. The molecule has 0 saturated heterocycles. The number of aromatic nitrogens is 2. The Morgan fingerprint density at radius 1 is 0.773 bits per heavy atom. The van der Waals surface area contributed by atoms with Gasteiger partial charge in [-0.25, -0.2) is 9.59 Å². The normalized spacial score (nSPS) is 12.9. The van der Waals surface area contributed by atoms with Gasteiger partial charge in [0.2, 0.25) is 0 Å².